The molecule has 98 valence electrons. The van der Waals surface area contributed by atoms with Crippen molar-refractivity contribution in [2.45, 2.75) is 51.9 Å². The Kier molecular flexibility index (Phi) is 4.43. The van der Waals surface area contributed by atoms with Crippen molar-refractivity contribution < 1.29 is 4.79 Å². The van der Waals surface area contributed by atoms with Crippen LogP contribution in [0.2, 0.25) is 0 Å². The number of hydrogen-bond acceptors (Lipinski definition) is 2. The fourth-order valence-electron chi connectivity index (χ4n) is 3.17. The molecular weight excluding hydrogens is 212 g/mol. The SMILES string of the molecule is CCC1(C(=O)N2CCCCCCC2)CCNC1. The van der Waals surface area contributed by atoms with E-state index in [2.05, 4.69) is 17.1 Å². The minimum absolute atomic E-state index is 0.0841. The van der Waals surface area contributed by atoms with E-state index in [1.165, 1.54) is 32.1 Å². The van der Waals surface area contributed by atoms with Crippen LogP contribution < -0.4 is 5.32 Å². The van der Waals surface area contributed by atoms with Crippen LogP contribution in [0.25, 0.3) is 0 Å². The molecule has 0 spiro atoms. The predicted molar refractivity (Wildman–Crippen MR) is 69.9 cm³/mol. The molecule has 0 aliphatic carbocycles. The van der Waals surface area contributed by atoms with Gasteiger partial charge in [-0.3, -0.25) is 4.79 Å². The molecule has 0 aromatic heterocycles. The first kappa shape index (κ1) is 12.9. The molecular formula is C14H26N2O. The molecule has 1 N–H and O–H groups in total. The zero-order valence-electron chi connectivity index (χ0n) is 11.1. The van der Waals surface area contributed by atoms with E-state index in [-0.39, 0.29) is 5.41 Å². The van der Waals surface area contributed by atoms with Crippen LogP contribution >= 0.6 is 0 Å². The molecule has 2 heterocycles. The van der Waals surface area contributed by atoms with Crippen LogP contribution in [0.5, 0.6) is 0 Å². The molecule has 17 heavy (non-hydrogen) atoms. The largest absolute Gasteiger partial charge is 0.342 e. The van der Waals surface area contributed by atoms with Gasteiger partial charge in [-0.15, -0.1) is 0 Å². The van der Waals surface area contributed by atoms with Gasteiger partial charge in [-0.1, -0.05) is 26.2 Å². The highest BCUT2D eigenvalue weighted by molar-refractivity contribution is 5.83. The Morgan fingerprint density at radius 2 is 1.82 bits per heavy atom. The highest BCUT2D eigenvalue weighted by atomic mass is 16.2. The highest BCUT2D eigenvalue weighted by Crippen LogP contribution is 2.32. The maximum atomic E-state index is 12.7. The van der Waals surface area contributed by atoms with Crippen LogP contribution in [0.4, 0.5) is 0 Å². The first-order chi connectivity index (χ1) is 8.28. The summed E-state index contributed by atoms with van der Waals surface area (Å²) < 4.78 is 0. The van der Waals surface area contributed by atoms with E-state index in [0.717, 1.165) is 39.0 Å². The minimum Gasteiger partial charge on any atom is -0.342 e. The Balaban J connectivity index is 2.00. The second-order valence-electron chi connectivity index (χ2n) is 5.62. The first-order valence-corrected chi connectivity index (χ1v) is 7.29. The van der Waals surface area contributed by atoms with E-state index >= 15 is 0 Å². The summed E-state index contributed by atoms with van der Waals surface area (Å²) in [5.41, 5.74) is -0.0841. The molecule has 0 aromatic carbocycles. The number of carbonyl (C=O) groups is 1. The van der Waals surface area contributed by atoms with E-state index in [1.54, 1.807) is 0 Å². The Morgan fingerprint density at radius 1 is 1.18 bits per heavy atom. The van der Waals surface area contributed by atoms with Gasteiger partial charge in [0, 0.05) is 19.6 Å². The zero-order valence-corrected chi connectivity index (χ0v) is 11.1. The Morgan fingerprint density at radius 3 is 2.35 bits per heavy atom. The van der Waals surface area contributed by atoms with Gasteiger partial charge in [0.1, 0.15) is 0 Å². The van der Waals surface area contributed by atoms with Gasteiger partial charge in [-0.2, -0.15) is 0 Å². The van der Waals surface area contributed by atoms with E-state index in [9.17, 15) is 4.79 Å². The minimum atomic E-state index is -0.0841. The normalized spacial score (nSPS) is 31.0. The van der Waals surface area contributed by atoms with Crippen molar-refractivity contribution in [3.05, 3.63) is 0 Å². The maximum absolute atomic E-state index is 12.7. The van der Waals surface area contributed by atoms with Gasteiger partial charge in [0.15, 0.2) is 0 Å². The monoisotopic (exact) mass is 238 g/mol. The summed E-state index contributed by atoms with van der Waals surface area (Å²) >= 11 is 0. The number of carbonyl (C=O) groups excluding carboxylic acids is 1. The van der Waals surface area contributed by atoms with Gasteiger partial charge in [0.2, 0.25) is 5.91 Å². The quantitative estimate of drug-likeness (QED) is 0.799. The second-order valence-corrected chi connectivity index (χ2v) is 5.62. The molecule has 2 saturated heterocycles. The summed E-state index contributed by atoms with van der Waals surface area (Å²) in [5, 5.41) is 3.36. The molecule has 2 fully saturated rings. The summed E-state index contributed by atoms with van der Waals surface area (Å²) in [5.74, 6) is 0.423. The predicted octanol–water partition coefficient (Wildman–Crippen LogP) is 2.17. The topological polar surface area (TPSA) is 32.3 Å². The van der Waals surface area contributed by atoms with E-state index < -0.39 is 0 Å². The Bertz CT molecular complexity index is 251. The molecule has 0 bridgehead atoms. The Hall–Kier alpha value is -0.570. The molecule has 2 aliphatic heterocycles. The van der Waals surface area contributed by atoms with Gasteiger partial charge in [0.05, 0.1) is 5.41 Å². The average Bonchev–Trinajstić information content (AvgIpc) is 2.77. The molecule has 1 atom stereocenters. The number of nitrogens with one attached hydrogen (secondary N) is 1. The lowest BCUT2D eigenvalue weighted by atomic mass is 9.82. The van der Waals surface area contributed by atoms with Crippen molar-refractivity contribution in [1.29, 1.82) is 0 Å². The number of rotatable bonds is 2. The van der Waals surface area contributed by atoms with Crippen molar-refractivity contribution in [1.82, 2.24) is 10.2 Å². The van der Waals surface area contributed by atoms with E-state index in [0.29, 0.717) is 5.91 Å². The van der Waals surface area contributed by atoms with Crippen molar-refractivity contribution in [2.24, 2.45) is 5.41 Å². The molecule has 0 aromatic rings. The Labute approximate surface area is 105 Å². The van der Waals surface area contributed by atoms with E-state index in [4.69, 9.17) is 0 Å². The number of likely N-dealkylation sites (tertiary alicyclic amines) is 1. The third-order valence-corrected chi connectivity index (χ3v) is 4.52. The van der Waals surface area contributed by atoms with Gasteiger partial charge in [-0.05, 0) is 32.2 Å². The third-order valence-electron chi connectivity index (χ3n) is 4.52. The van der Waals surface area contributed by atoms with Crippen LogP contribution in [0.1, 0.15) is 51.9 Å². The fraction of sp³-hybridized carbons (Fsp3) is 0.929. The summed E-state index contributed by atoms with van der Waals surface area (Å²) in [6.07, 6.45) is 8.33. The van der Waals surface area contributed by atoms with Gasteiger partial charge in [0.25, 0.3) is 0 Å². The summed E-state index contributed by atoms with van der Waals surface area (Å²) in [7, 11) is 0. The molecule has 0 saturated carbocycles. The van der Waals surface area contributed by atoms with Gasteiger partial charge >= 0.3 is 0 Å². The van der Waals surface area contributed by atoms with Gasteiger partial charge in [-0.25, -0.2) is 0 Å². The lowest BCUT2D eigenvalue weighted by Crippen LogP contribution is -2.46. The average molecular weight is 238 g/mol. The van der Waals surface area contributed by atoms with E-state index in [1.807, 2.05) is 0 Å². The number of nitrogens with zero attached hydrogens (tertiary/aromatic N) is 1. The molecule has 2 aliphatic rings. The fourth-order valence-corrected chi connectivity index (χ4v) is 3.17. The zero-order chi connectivity index (χ0) is 12.1. The lowest BCUT2D eigenvalue weighted by molar-refractivity contribution is -0.141. The van der Waals surface area contributed by atoms with Crippen molar-refractivity contribution in [3.63, 3.8) is 0 Å². The third kappa shape index (κ3) is 2.82. The van der Waals surface area contributed by atoms with Crippen LogP contribution in [0.15, 0.2) is 0 Å². The molecule has 0 radical (unpaired) electrons. The summed E-state index contributed by atoms with van der Waals surface area (Å²) in [6, 6.07) is 0. The summed E-state index contributed by atoms with van der Waals surface area (Å²) in [4.78, 5) is 14.9. The molecule has 2 rings (SSSR count). The molecule has 3 heteroatoms. The standard InChI is InChI=1S/C14H26N2O/c1-2-14(8-9-15-12-14)13(17)16-10-6-4-3-5-7-11-16/h15H,2-12H2,1H3. The molecule has 3 nitrogen and oxygen atoms in total. The molecule has 1 unspecified atom stereocenters. The number of amides is 1. The maximum Gasteiger partial charge on any atom is 0.230 e. The van der Waals surface area contributed by atoms with Crippen LogP contribution in [0.3, 0.4) is 0 Å². The van der Waals surface area contributed by atoms with Crippen molar-refractivity contribution in [3.8, 4) is 0 Å². The highest BCUT2D eigenvalue weighted by Gasteiger charge is 2.41. The second kappa shape index (κ2) is 5.85. The van der Waals surface area contributed by atoms with Crippen LogP contribution in [-0.2, 0) is 4.79 Å². The number of hydrogen-bond donors (Lipinski definition) is 1. The van der Waals surface area contributed by atoms with Crippen LogP contribution in [0, 0.1) is 5.41 Å². The van der Waals surface area contributed by atoms with Crippen molar-refractivity contribution >= 4 is 5.91 Å². The summed E-state index contributed by atoms with van der Waals surface area (Å²) in [6.45, 7) is 6.03. The molecule has 1 amide bonds. The van der Waals surface area contributed by atoms with Crippen molar-refractivity contribution in [2.75, 3.05) is 26.2 Å². The lowest BCUT2D eigenvalue weighted by Gasteiger charge is -2.34. The van der Waals surface area contributed by atoms with Gasteiger partial charge < -0.3 is 10.2 Å². The smallest absolute Gasteiger partial charge is 0.230 e. The first-order valence-electron chi connectivity index (χ1n) is 7.29. The van der Waals surface area contributed by atoms with Crippen LogP contribution in [-0.4, -0.2) is 37.0 Å².